The molecule has 0 aliphatic carbocycles. The third-order valence-corrected chi connectivity index (χ3v) is 6.52. The molecular formula is C19H21FN2O4S. The van der Waals surface area contributed by atoms with Gasteiger partial charge in [0.15, 0.2) is 0 Å². The second-order valence-electron chi connectivity index (χ2n) is 6.31. The highest BCUT2D eigenvalue weighted by molar-refractivity contribution is 7.89. The number of benzene rings is 2. The first-order chi connectivity index (χ1) is 12.9. The van der Waals surface area contributed by atoms with Crippen LogP contribution in [0.3, 0.4) is 0 Å². The number of nitrogens with zero attached hydrogens (tertiary/aromatic N) is 1. The average molecular weight is 392 g/mol. The molecule has 0 aromatic heterocycles. The summed E-state index contributed by atoms with van der Waals surface area (Å²) in [6, 6.07) is 11.8. The predicted octanol–water partition coefficient (Wildman–Crippen LogP) is 2.42. The van der Waals surface area contributed by atoms with Crippen molar-refractivity contribution in [1.29, 1.82) is 0 Å². The summed E-state index contributed by atoms with van der Waals surface area (Å²) in [7, 11) is -2.07. The number of amides is 1. The molecule has 144 valence electrons. The van der Waals surface area contributed by atoms with Gasteiger partial charge in [-0.15, -0.1) is 0 Å². The van der Waals surface area contributed by atoms with Crippen LogP contribution in [-0.4, -0.2) is 44.9 Å². The molecule has 0 bridgehead atoms. The average Bonchev–Trinajstić information content (AvgIpc) is 2.68. The highest BCUT2D eigenvalue weighted by atomic mass is 32.2. The molecule has 6 nitrogen and oxygen atoms in total. The molecule has 27 heavy (non-hydrogen) atoms. The van der Waals surface area contributed by atoms with Crippen molar-refractivity contribution in [3.05, 3.63) is 59.9 Å². The van der Waals surface area contributed by atoms with E-state index in [4.69, 9.17) is 4.74 Å². The van der Waals surface area contributed by atoms with E-state index < -0.39 is 21.7 Å². The van der Waals surface area contributed by atoms with Gasteiger partial charge in [0, 0.05) is 19.1 Å². The summed E-state index contributed by atoms with van der Waals surface area (Å²) in [5.41, 5.74) is -0.00853. The molecule has 1 amide bonds. The van der Waals surface area contributed by atoms with Gasteiger partial charge in [0.05, 0.1) is 17.6 Å². The summed E-state index contributed by atoms with van der Waals surface area (Å²) in [5, 5.41) is 2.79. The molecule has 8 heteroatoms. The molecule has 3 rings (SSSR count). The molecular weight excluding hydrogens is 371 g/mol. The van der Waals surface area contributed by atoms with Crippen LogP contribution >= 0.6 is 0 Å². The molecule has 0 saturated carbocycles. The summed E-state index contributed by atoms with van der Waals surface area (Å²) in [6.45, 7) is 0.577. The Labute approximate surface area is 158 Å². The molecule has 0 spiro atoms. The molecule has 1 fully saturated rings. The summed E-state index contributed by atoms with van der Waals surface area (Å²) in [4.78, 5) is 12.4. The van der Waals surface area contributed by atoms with Crippen molar-refractivity contribution in [2.24, 2.45) is 0 Å². The number of carbonyl (C=O) groups is 1. The third-order valence-electron chi connectivity index (χ3n) is 4.60. The maximum Gasteiger partial charge on any atom is 0.254 e. The zero-order valence-corrected chi connectivity index (χ0v) is 15.7. The van der Waals surface area contributed by atoms with Crippen molar-refractivity contribution >= 4 is 15.9 Å². The van der Waals surface area contributed by atoms with Gasteiger partial charge < -0.3 is 10.1 Å². The first kappa shape index (κ1) is 19.3. The normalized spacial score (nSPS) is 16.1. The van der Waals surface area contributed by atoms with Gasteiger partial charge >= 0.3 is 0 Å². The summed E-state index contributed by atoms with van der Waals surface area (Å²) < 4.78 is 45.6. The lowest BCUT2D eigenvalue weighted by molar-refractivity contribution is 0.0919. The number of hydrogen-bond acceptors (Lipinski definition) is 4. The van der Waals surface area contributed by atoms with Crippen molar-refractivity contribution < 1.29 is 22.3 Å². The van der Waals surface area contributed by atoms with Gasteiger partial charge in [0.2, 0.25) is 10.0 Å². The van der Waals surface area contributed by atoms with Gasteiger partial charge in [-0.25, -0.2) is 12.8 Å². The fourth-order valence-corrected chi connectivity index (χ4v) is 4.52. The van der Waals surface area contributed by atoms with E-state index in [2.05, 4.69) is 5.32 Å². The monoisotopic (exact) mass is 392 g/mol. The fraction of sp³-hybridized carbons (Fsp3) is 0.316. The molecule has 1 heterocycles. The maximum atomic E-state index is 13.7. The van der Waals surface area contributed by atoms with Gasteiger partial charge in [0.25, 0.3) is 5.91 Å². The summed E-state index contributed by atoms with van der Waals surface area (Å²) in [6.07, 6.45) is 0.936. The van der Waals surface area contributed by atoms with Crippen molar-refractivity contribution in [1.82, 2.24) is 9.62 Å². The van der Waals surface area contributed by atoms with Crippen LogP contribution < -0.4 is 10.1 Å². The van der Waals surface area contributed by atoms with E-state index in [9.17, 15) is 17.6 Å². The zero-order chi connectivity index (χ0) is 19.4. The van der Waals surface area contributed by atoms with Crippen LogP contribution in [0.2, 0.25) is 0 Å². The highest BCUT2D eigenvalue weighted by Crippen LogP contribution is 2.23. The molecule has 0 unspecified atom stereocenters. The quantitative estimate of drug-likeness (QED) is 0.848. The Kier molecular flexibility index (Phi) is 5.76. The van der Waals surface area contributed by atoms with E-state index in [1.54, 1.807) is 18.2 Å². The van der Waals surface area contributed by atoms with Crippen LogP contribution in [0.15, 0.2) is 53.4 Å². The summed E-state index contributed by atoms with van der Waals surface area (Å²) >= 11 is 0. The minimum atomic E-state index is -3.59. The minimum absolute atomic E-state index is 0.00853. The number of nitrogens with one attached hydrogen (secondary N) is 1. The van der Waals surface area contributed by atoms with Crippen LogP contribution in [0.4, 0.5) is 4.39 Å². The number of sulfonamides is 1. The molecule has 1 aliphatic rings. The molecule has 0 radical (unpaired) electrons. The molecule has 0 atom stereocenters. The van der Waals surface area contributed by atoms with Gasteiger partial charge in [-0.1, -0.05) is 12.1 Å². The van der Waals surface area contributed by atoms with Gasteiger partial charge in [-0.2, -0.15) is 4.31 Å². The molecule has 1 saturated heterocycles. The Balaban J connectivity index is 1.61. The lowest BCUT2D eigenvalue weighted by atomic mass is 10.1. The molecule has 1 aliphatic heterocycles. The van der Waals surface area contributed by atoms with Crippen LogP contribution in [-0.2, 0) is 10.0 Å². The van der Waals surface area contributed by atoms with Crippen molar-refractivity contribution in [2.75, 3.05) is 20.2 Å². The smallest absolute Gasteiger partial charge is 0.254 e. The highest BCUT2D eigenvalue weighted by Gasteiger charge is 2.30. The zero-order valence-electron chi connectivity index (χ0n) is 14.9. The topological polar surface area (TPSA) is 75.7 Å². The van der Waals surface area contributed by atoms with Crippen LogP contribution in [0.5, 0.6) is 5.75 Å². The molecule has 1 N–H and O–H groups in total. The van der Waals surface area contributed by atoms with E-state index in [-0.39, 0.29) is 29.6 Å². The van der Waals surface area contributed by atoms with E-state index in [0.717, 1.165) is 0 Å². The largest absolute Gasteiger partial charge is 0.497 e. The van der Waals surface area contributed by atoms with Crippen LogP contribution in [0, 0.1) is 5.82 Å². The van der Waals surface area contributed by atoms with Gasteiger partial charge in [-0.3, -0.25) is 4.79 Å². The fourth-order valence-electron chi connectivity index (χ4n) is 3.05. The molecule has 2 aromatic carbocycles. The van der Waals surface area contributed by atoms with Crippen LogP contribution in [0.1, 0.15) is 23.2 Å². The SMILES string of the molecule is COc1ccc(S(=O)(=O)N2CCC(NC(=O)c3ccccc3F)CC2)cc1. The predicted molar refractivity (Wildman–Crippen MR) is 98.6 cm³/mol. The number of hydrogen-bond donors (Lipinski definition) is 1. The van der Waals surface area contributed by atoms with Gasteiger partial charge in [-0.05, 0) is 49.2 Å². The Morgan fingerprint density at radius 2 is 1.74 bits per heavy atom. The summed E-state index contributed by atoms with van der Waals surface area (Å²) in [5.74, 6) is -0.470. The van der Waals surface area contributed by atoms with E-state index in [0.29, 0.717) is 18.6 Å². The van der Waals surface area contributed by atoms with E-state index in [1.807, 2.05) is 0 Å². The van der Waals surface area contributed by atoms with E-state index >= 15 is 0 Å². The van der Waals surface area contributed by atoms with Gasteiger partial charge in [0.1, 0.15) is 11.6 Å². The van der Waals surface area contributed by atoms with E-state index in [1.165, 1.54) is 41.7 Å². The Morgan fingerprint density at radius 3 is 2.33 bits per heavy atom. The lowest BCUT2D eigenvalue weighted by Gasteiger charge is -2.31. The first-order valence-electron chi connectivity index (χ1n) is 8.61. The maximum absolute atomic E-state index is 13.7. The number of rotatable bonds is 5. The number of carbonyl (C=O) groups excluding carboxylic acids is 1. The number of halogens is 1. The Hall–Kier alpha value is -2.45. The number of piperidine rings is 1. The minimum Gasteiger partial charge on any atom is -0.497 e. The van der Waals surface area contributed by atoms with Crippen LogP contribution in [0.25, 0.3) is 0 Å². The second-order valence-corrected chi connectivity index (χ2v) is 8.25. The third kappa shape index (κ3) is 4.28. The van der Waals surface area contributed by atoms with Crippen molar-refractivity contribution in [3.8, 4) is 5.75 Å². The standard InChI is InChI=1S/C19H21FN2O4S/c1-26-15-6-8-16(9-7-15)27(24,25)22-12-10-14(11-13-22)21-19(23)17-4-2-3-5-18(17)20/h2-9,14H,10-13H2,1H3,(H,21,23). The Morgan fingerprint density at radius 1 is 1.11 bits per heavy atom. The first-order valence-corrected chi connectivity index (χ1v) is 10.1. The molecule has 2 aromatic rings. The Bertz CT molecular complexity index is 908. The number of methoxy groups -OCH3 is 1. The second kappa shape index (κ2) is 8.06. The van der Waals surface area contributed by atoms with Crippen molar-refractivity contribution in [3.63, 3.8) is 0 Å². The lowest BCUT2D eigenvalue weighted by Crippen LogP contribution is -2.46. The van der Waals surface area contributed by atoms with Crippen molar-refractivity contribution in [2.45, 2.75) is 23.8 Å². The number of ether oxygens (including phenoxy) is 1.